The highest BCUT2D eigenvalue weighted by Crippen LogP contribution is 2.68. The van der Waals surface area contributed by atoms with Crippen molar-refractivity contribution >= 4 is 29.4 Å². The SMILES string of the molecule is C=C[C@]1(C)C[C@@H](OC(=O)N2Cc3ccc(NC(=O)C(N)C(C)C)cc3C2=O)[C@@]2(C)C3C(=O)CC[C@@]3(CC[C@H]2C)[C@@H](C)[C@@H]1O. The largest absolute Gasteiger partial charge is 0.445 e. The number of carbonyl (C=O) groups is 4. The summed E-state index contributed by atoms with van der Waals surface area (Å²) < 4.78 is 6.33. The Morgan fingerprint density at radius 2 is 1.91 bits per heavy atom. The summed E-state index contributed by atoms with van der Waals surface area (Å²) in [6, 6.07) is 4.27. The minimum Gasteiger partial charge on any atom is -0.445 e. The molecule has 1 aromatic rings. The number of hydrogen-bond acceptors (Lipinski definition) is 7. The number of ether oxygens (including phenoxy) is 1. The van der Waals surface area contributed by atoms with E-state index in [1.54, 1.807) is 24.3 Å². The molecule has 0 saturated heterocycles. The van der Waals surface area contributed by atoms with Crippen molar-refractivity contribution in [2.24, 2.45) is 45.7 Å². The minimum atomic E-state index is -0.775. The first-order valence-corrected chi connectivity index (χ1v) is 15.7. The highest BCUT2D eigenvalue weighted by Gasteiger charge is 2.68. The molecule has 0 aromatic heterocycles. The highest BCUT2D eigenvalue weighted by molar-refractivity contribution is 6.07. The number of rotatable bonds is 5. The van der Waals surface area contributed by atoms with Crippen molar-refractivity contribution in [2.45, 2.75) is 98.4 Å². The van der Waals surface area contributed by atoms with Crippen LogP contribution < -0.4 is 11.1 Å². The van der Waals surface area contributed by atoms with E-state index in [0.717, 1.165) is 17.7 Å². The van der Waals surface area contributed by atoms with Crippen LogP contribution in [0.4, 0.5) is 10.5 Å². The summed E-state index contributed by atoms with van der Waals surface area (Å²) in [5.74, 6) is -1.14. The molecular weight excluding hydrogens is 546 g/mol. The van der Waals surface area contributed by atoms with E-state index in [1.807, 2.05) is 20.8 Å². The van der Waals surface area contributed by atoms with E-state index in [9.17, 15) is 24.3 Å². The number of Topliss-reactive ketones (excluding diaryl/α,β-unsaturated/α-hetero) is 1. The Bertz CT molecular complexity index is 1360. The Kier molecular flexibility index (Phi) is 7.91. The number of anilines is 1. The minimum absolute atomic E-state index is 0.0381. The van der Waals surface area contributed by atoms with Gasteiger partial charge in [0.2, 0.25) is 5.91 Å². The number of amides is 3. The van der Waals surface area contributed by atoms with Gasteiger partial charge in [-0.15, -0.1) is 6.58 Å². The maximum absolute atomic E-state index is 13.9. The fraction of sp³-hybridized carbons (Fsp3) is 0.647. The van der Waals surface area contributed by atoms with E-state index in [2.05, 4.69) is 32.7 Å². The number of nitrogens with one attached hydrogen (secondary N) is 1. The molecule has 3 fully saturated rings. The fourth-order valence-corrected chi connectivity index (χ4v) is 8.74. The van der Waals surface area contributed by atoms with Gasteiger partial charge in [0.15, 0.2) is 0 Å². The Morgan fingerprint density at radius 3 is 2.56 bits per heavy atom. The van der Waals surface area contributed by atoms with Crippen molar-refractivity contribution in [3.8, 4) is 0 Å². The van der Waals surface area contributed by atoms with Crippen LogP contribution in [-0.2, 0) is 20.9 Å². The number of imide groups is 1. The van der Waals surface area contributed by atoms with Crippen LogP contribution in [-0.4, -0.2) is 51.9 Å². The van der Waals surface area contributed by atoms with Gasteiger partial charge >= 0.3 is 6.09 Å². The zero-order valence-electron chi connectivity index (χ0n) is 26.3. The lowest BCUT2D eigenvalue weighted by Gasteiger charge is -2.61. The average molecular weight is 594 g/mol. The van der Waals surface area contributed by atoms with Crippen LogP contribution in [0.2, 0.25) is 0 Å². The second-order valence-corrected chi connectivity index (χ2v) is 14.5. The van der Waals surface area contributed by atoms with Gasteiger partial charge in [-0.3, -0.25) is 14.4 Å². The fourth-order valence-electron chi connectivity index (χ4n) is 8.74. The van der Waals surface area contributed by atoms with Gasteiger partial charge in [-0.05, 0) is 66.5 Å². The van der Waals surface area contributed by atoms with E-state index in [1.165, 1.54) is 0 Å². The number of ketones is 1. The first kappa shape index (κ1) is 31.4. The molecule has 234 valence electrons. The monoisotopic (exact) mass is 593 g/mol. The molecule has 1 heterocycles. The molecule has 9 heteroatoms. The van der Waals surface area contributed by atoms with E-state index in [4.69, 9.17) is 10.5 Å². The van der Waals surface area contributed by atoms with Crippen LogP contribution in [0.3, 0.4) is 0 Å². The molecule has 1 aromatic carbocycles. The topological polar surface area (TPSA) is 139 Å². The number of fused-ring (bicyclic) bond motifs is 1. The quantitative estimate of drug-likeness (QED) is 0.406. The molecule has 2 unspecified atom stereocenters. The Labute approximate surface area is 254 Å². The van der Waals surface area contributed by atoms with Gasteiger partial charge in [0.1, 0.15) is 11.9 Å². The molecule has 3 aliphatic carbocycles. The molecule has 9 nitrogen and oxygen atoms in total. The van der Waals surface area contributed by atoms with Crippen molar-refractivity contribution < 1.29 is 29.0 Å². The number of carbonyl (C=O) groups excluding carboxylic acids is 4. The first-order valence-electron chi connectivity index (χ1n) is 15.7. The highest BCUT2D eigenvalue weighted by atomic mass is 16.6. The van der Waals surface area contributed by atoms with Gasteiger partial charge in [-0.25, -0.2) is 9.69 Å². The number of nitrogens with zero attached hydrogens (tertiary/aromatic N) is 1. The predicted octanol–water partition coefficient (Wildman–Crippen LogP) is 5.06. The van der Waals surface area contributed by atoms with Gasteiger partial charge in [-0.1, -0.05) is 53.7 Å². The summed E-state index contributed by atoms with van der Waals surface area (Å²) in [4.78, 5) is 54.6. The lowest BCUT2D eigenvalue weighted by molar-refractivity contribution is -0.192. The average Bonchev–Trinajstić information content (AvgIpc) is 3.50. The third kappa shape index (κ3) is 4.74. The van der Waals surface area contributed by atoms with Crippen LogP contribution in [0.25, 0.3) is 0 Å². The van der Waals surface area contributed by atoms with Crippen molar-refractivity contribution in [2.75, 3.05) is 5.32 Å². The normalized spacial score (nSPS) is 37.7. The van der Waals surface area contributed by atoms with Crippen LogP contribution >= 0.6 is 0 Å². The number of aliphatic hydroxyl groups excluding tert-OH is 1. The third-order valence-corrected chi connectivity index (χ3v) is 12.0. The summed E-state index contributed by atoms with van der Waals surface area (Å²) in [5.41, 5.74) is 5.52. The molecular formula is C34H47N3O6. The van der Waals surface area contributed by atoms with Crippen molar-refractivity contribution in [1.82, 2.24) is 4.90 Å². The summed E-state index contributed by atoms with van der Waals surface area (Å²) in [6.07, 6.45) is 2.64. The molecule has 0 radical (unpaired) electrons. The number of hydrogen-bond donors (Lipinski definition) is 3. The standard InChI is InChI=1S/C34H47N3O6/c1-8-32(6)16-25(33(7)19(4)11-13-34(20(5)28(32)39)14-12-24(38)27(33)34)43-31(42)37-17-21-9-10-22(15-23(21)30(37)41)36-29(40)26(35)18(2)3/h8-10,15,18-20,25-28,39H,1,11-14,16-17,35H2,2-7H3,(H,36,40)/t19-,20+,25-,26?,27?,28+,32-,33+,34+/m1/s1. The molecule has 1 aliphatic heterocycles. The van der Waals surface area contributed by atoms with Crippen molar-refractivity contribution in [3.63, 3.8) is 0 Å². The number of aliphatic hydroxyl groups is 1. The molecule has 5 rings (SSSR count). The van der Waals surface area contributed by atoms with Crippen molar-refractivity contribution in [1.29, 1.82) is 0 Å². The molecule has 4 N–H and O–H groups in total. The van der Waals surface area contributed by atoms with Gasteiger partial charge < -0.3 is 20.9 Å². The number of nitrogens with two attached hydrogens (primary N) is 1. The molecule has 43 heavy (non-hydrogen) atoms. The maximum atomic E-state index is 13.9. The van der Waals surface area contributed by atoms with Gasteiger partial charge in [0.05, 0.1) is 18.7 Å². The van der Waals surface area contributed by atoms with Crippen LogP contribution in [0, 0.1) is 39.9 Å². The zero-order valence-corrected chi connectivity index (χ0v) is 26.3. The summed E-state index contributed by atoms with van der Waals surface area (Å²) in [6.45, 7) is 16.0. The van der Waals surface area contributed by atoms with E-state index in [-0.39, 0.29) is 53.7 Å². The predicted molar refractivity (Wildman–Crippen MR) is 163 cm³/mol. The molecule has 3 saturated carbocycles. The van der Waals surface area contributed by atoms with E-state index >= 15 is 0 Å². The lowest BCUT2D eigenvalue weighted by Crippen LogP contribution is -2.63. The van der Waals surface area contributed by atoms with Crippen LogP contribution in [0.15, 0.2) is 30.9 Å². The molecule has 2 bridgehead atoms. The summed E-state index contributed by atoms with van der Waals surface area (Å²) in [5, 5.41) is 14.5. The first-order chi connectivity index (χ1) is 20.1. The van der Waals surface area contributed by atoms with Crippen molar-refractivity contribution in [3.05, 3.63) is 42.0 Å². The van der Waals surface area contributed by atoms with Gasteiger partial charge in [-0.2, -0.15) is 0 Å². The smallest absolute Gasteiger partial charge is 0.417 e. The summed E-state index contributed by atoms with van der Waals surface area (Å²) >= 11 is 0. The van der Waals surface area contributed by atoms with Gasteiger partial charge in [0.25, 0.3) is 5.91 Å². The van der Waals surface area contributed by atoms with Crippen LogP contribution in [0.5, 0.6) is 0 Å². The zero-order chi connectivity index (χ0) is 31.6. The molecule has 3 amide bonds. The van der Waals surface area contributed by atoms with Crippen LogP contribution in [0.1, 0.15) is 89.6 Å². The second kappa shape index (κ2) is 10.8. The maximum Gasteiger partial charge on any atom is 0.417 e. The summed E-state index contributed by atoms with van der Waals surface area (Å²) in [7, 11) is 0. The van der Waals surface area contributed by atoms with E-state index < -0.39 is 41.1 Å². The Balaban J connectivity index is 1.44. The van der Waals surface area contributed by atoms with Gasteiger partial charge in [0, 0.05) is 34.4 Å². The third-order valence-electron chi connectivity index (χ3n) is 12.0. The Hall–Kier alpha value is -3.04. The number of benzene rings is 1. The molecule has 4 aliphatic rings. The Morgan fingerprint density at radius 1 is 1.21 bits per heavy atom. The molecule has 9 atom stereocenters. The second-order valence-electron chi connectivity index (χ2n) is 14.5. The lowest BCUT2D eigenvalue weighted by atomic mass is 9.44. The van der Waals surface area contributed by atoms with E-state index in [0.29, 0.717) is 29.7 Å². The molecule has 0 spiro atoms.